The highest BCUT2D eigenvalue weighted by molar-refractivity contribution is 5.79. The van der Waals surface area contributed by atoms with E-state index in [1.165, 1.54) is 29.3 Å². The van der Waals surface area contributed by atoms with E-state index in [1.54, 1.807) is 0 Å². The van der Waals surface area contributed by atoms with Crippen molar-refractivity contribution in [2.45, 2.75) is 45.6 Å². The molecule has 1 heterocycles. The lowest BCUT2D eigenvalue weighted by Gasteiger charge is -2.18. The van der Waals surface area contributed by atoms with Crippen molar-refractivity contribution >= 4 is 10.9 Å². The Balaban J connectivity index is 2.00. The number of nitrogens with zero attached hydrogens (tertiary/aromatic N) is 2. The Morgan fingerprint density at radius 3 is 2.71 bits per heavy atom. The van der Waals surface area contributed by atoms with Crippen LogP contribution >= 0.6 is 0 Å². The van der Waals surface area contributed by atoms with Crippen molar-refractivity contribution in [3.63, 3.8) is 0 Å². The van der Waals surface area contributed by atoms with Crippen molar-refractivity contribution < 1.29 is 0 Å². The van der Waals surface area contributed by atoms with Crippen LogP contribution in [0, 0.1) is 5.92 Å². The topological polar surface area (TPSA) is 17.8 Å². The lowest BCUT2D eigenvalue weighted by Crippen LogP contribution is -2.10. The van der Waals surface area contributed by atoms with Gasteiger partial charge < -0.3 is 0 Å². The minimum absolute atomic E-state index is 0.215. The monoisotopic (exact) mass is 228 g/mol. The summed E-state index contributed by atoms with van der Waals surface area (Å²) < 4.78 is 2.17. The summed E-state index contributed by atoms with van der Waals surface area (Å²) in [5.74, 6) is 0.875. The molecular weight excluding hydrogens is 208 g/mol. The van der Waals surface area contributed by atoms with E-state index in [1.807, 2.05) is 6.20 Å². The molecule has 1 aromatic carbocycles. The number of fused-ring (bicyclic) bond motifs is 1. The fourth-order valence-corrected chi connectivity index (χ4v) is 2.24. The van der Waals surface area contributed by atoms with Crippen molar-refractivity contribution in [1.82, 2.24) is 9.78 Å². The number of hydrogen-bond acceptors (Lipinski definition) is 1. The number of hydrogen-bond donors (Lipinski definition) is 0. The van der Waals surface area contributed by atoms with Crippen LogP contribution in [0.2, 0.25) is 0 Å². The van der Waals surface area contributed by atoms with E-state index in [0.29, 0.717) is 0 Å². The Morgan fingerprint density at radius 2 is 2.06 bits per heavy atom. The molecular formula is C15H20N2. The summed E-state index contributed by atoms with van der Waals surface area (Å²) in [6.45, 7) is 7.85. The normalized spacial score (nSPS) is 16.6. The number of aromatic nitrogens is 2. The van der Waals surface area contributed by atoms with E-state index >= 15 is 0 Å². The Bertz CT molecular complexity index is 542. The number of rotatable bonds is 2. The Labute approximate surface area is 103 Å². The Morgan fingerprint density at radius 1 is 1.29 bits per heavy atom. The first-order valence-corrected chi connectivity index (χ1v) is 6.50. The second kappa shape index (κ2) is 3.59. The SMILES string of the molecule is CC(C)(C)c1ccc2c(cnn2CC2CC2)c1. The zero-order valence-electron chi connectivity index (χ0n) is 10.9. The lowest BCUT2D eigenvalue weighted by atomic mass is 9.86. The summed E-state index contributed by atoms with van der Waals surface area (Å²) in [6.07, 6.45) is 4.76. The van der Waals surface area contributed by atoms with E-state index in [9.17, 15) is 0 Å². The second-order valence-electron chi connectivity index (χ2n) is 6.29. The molecule has 0 aliphatic heterocycles. The molecule has 2 aromatic rings. The van der Waals surface area contributed by atoms with Crippen LogP contribution in [-0.4, -0.2) is 9.78 Å². The number of benzene rings is 1. The van der Waals surface area contributed by atoms with Gasteiger partial charge in [-0.1, -0.05) is 26.8 Å². The van der Waals surface area contributed by atoms with Crippen molar-refractivity contribution in [2.75, 3.05) is 0 Å². The maximum atomic E-state index is 4.52. The van der Waals surface area contributed by atoms with Crippen LogP contribution in [-0.2, 0) is 12.0 Å². The second-order valence-corrected chi connectivity index (χ2v) is 6.29. The van der Waals surface area contributed by atoms with Crippen LogP contribution in [0.25, 0.3) is 10.9 Å². The molecule has 0 N–H and O–H groups in total. The quantitative estimate of drug-likeness (QED) is 0.765. The maximum Gasteiger partial charge on any atom is 0.0682 e. The highest BCUT2D eigenvalue weighted by Crippen LogP contribution is 2.32. The van der Waals surface area contributed by atoms with Gasteiger partial charge in [0.2, 0.25) is 0 Å². The van der Waals surface area contributed by atoms with Gasteiger partial charge >= 0.3 is 0 Å². The summed E-state index contributed by atoms with van der Waals surface area (Å²) in [7, 11) is 0. The minimum atomic E-state index is 0.215. The standard InChI is InChI=1S/C15H20N2/c1-15(2,3)13-6-7-14-12(8-13)9-16-17(14)10-11-4-5-11/h6-9,11H,4-5,10H2,1-3H3. The largest absolute Gasteiger partial charge is 0.265 e. The molecule has 2 nitrogen and oxygen atoms in total. The van der Waals surface area contributed by atoms with Gasteiger partial charge in [0.1, 0.15) is 0 Å². The zero-order valence-corrected chi connectivity index (χ0v) is 10.9. The van der Waals surface area contributed by atoms with Crippen LogP contribution in [0.15, 0.2) is 24.4 Å². The fourth-order valence-electron chi connectivity index (χ4n) is 2.24. The Hall–Kier alpha value is -1.31. The van der Waals surface area contributed by atoms with Crippen molar-refractivity contribution in [2.24, 2.45) is 5.92 Å². The van der Waals surface area contributed by atoms with Gasteiger partial charge in [0.05, 0.1) is 11.7 Å². The van der Waals surface area contributed by atoms with Crippen molar-refractivity contribution in [3.8, 4) is 0 Å². The summed E-state index contributed by atoms with van der Waals surface area (Å²) in [6, 6.07) is 6.75. The van der Waals surface area contributed by atoms with E-state index < -0.39 is 0 Å². The first-order valence-electron chi connectivity index (χ1n) is 6.50. The van der Waals surface area contributed by atoms with Crippen LogP contribution in [0.3, 0.4) is 0 Å². The maximum absolute atomic E-state index is 4.52. The van der Waals surface area contributed by atoms with E-state index in [-0.39, 0.29) is 5.41 Å². The van der Waals surface area contributed by atoms with Gasteiger partial charge in [0.15, 0.2) is 0 Å². The molecule has 0 unspecified atom stereocenters. The molecule has 1 aliphatic carbocycles. The Kier molecular flexibility index (Phi) is 2.29. The molecule has 0 amide bonds. The molecule has 1 aromatic heterocycles. The molecule has 0 bridgehead atoms. The zero-order chi connectivity index (χ0) is 12.0. The molecule has 17 heavy (non-hydrogen) atoms. The van der Waals surface area contributed by atoms with Crippen LogP contribution in [0.1, 0.15) is 39.2 Å². The van der Waals surface area contributed by atoms with Gasteiger partial charge in [-0.2, -0.15) is 5.10 Å². The summed E-state index contributed by atoms with van der Waals surface area (Å²) in [4.78, 5) is 0. The van der Waals surface area contributed by atoms with Gasteiger partial charge in [-0.15, -0.1) is 0 Å². The highest BCUT2D eigenvalue weighted by atomic mass is 15.3. The smallest absolute Gasteiger partial charge is 0.0682 e. The summed E-state index contributed by atoms with van der Waals surface area (Å²) >= 11 is 0. The predicted molar refractivity (Wildman–Crippen MR) is 71.2 cm³/mol. The third kappa shape index (κ3) is 2.08. The predicted octanol–water partition coefficient (Wildman–Crippen LogP) is 3.74. The molecule has 3 rings (SSSR count). The summed E-state index contributed by atoms with van der Waals surface area (Å²) in [5.41, 5.74) is 2.88. The lowest BCUT2D eigenvalue weighted by molar-refractivity contribution is 0.579. The van der Waals surface area contributed by atoms with Gasteiger partial charge in [0, 0.05) is 11.9 Å². The highest BCUT2D eigenvalue weighted by Gasteiger charge is 2.23. The van der Waals surface area contributed by atoms with Gasteiger partial charge in [-0.05, 0) is 41.9 Å². The molecule has 1 fully saturated rings. The van der Waals surface area contributed by atoms with E-state index in [2.05, 4.69) is 48.8 Å². The average Bonchev–Trinajstić information content (AvgIpc) is 2.98. The van der Waals surface area contributed by atoms with Crippen LogP contribution < -0.4 is 0 Å². The van der Waals surface area contributed by atoms with E-state index in [4.69, 9.17) is 0 Å². The molecule has 2 heteroatoms. The first kappa shape index (κ1) is 10.8. The molecule has 0 saturated heterocycles. The first-order chi connectivity index (χ1) is 8.04. The van der Waals surface area contributed by atoms with Gasteiger partial charge in [-0.25, -0.2) is 0 Å². The van der Waals surface area contributed by atoms with Crippen molar-refractivity contribution in [3.05, 3.63) is 30.0 Å². The molecule has 0 spiro atoms. The minimum Gasteiger partial charge on any atom is -0.265 e. The summed E-state index contributed by atoms with van der Waals surface area (Å²) in [5, 5.41) is 5.79. The van der Waals surface area contributed by atoms with Crippen LogP contribution in [0.4, 0.5) is 0 Å². The molecule has 0 atom stereocenters. The van der Waals surface area contributed by atoms with Crippen molar-refractivity contribution in [1.29, 1.82) is 0 Å². The molecule has 1 saturated carbocycles. The van der Waals surface area contributed by atoms with Gasteiger partial charge in [0.25, 0.3) is 0 Å². The molecule has 90 valence electrons. The van der Waals surface area contributed by atoms with Crippen LogP contribution in [0.5, 0.6) is 0 Å². The third-order valence-electron chi connectivity index (χ3n) is 3.64. The molecule has 0 radical (unpaired) electrons. The average molecular weight is 228 g/mol. The fraction of sp³-hybridized carbons (Fsp3) is 0.533. The van der Waals surface area contributed by atoms with Gasteiger partial charge in [-0.3, -0.25) is 4.68 Å². The van der Waals surface area contributed by atoms with E-state index in [0.717, 1.165) is 12.5 Å². The molecule has 1 aliphatic rings. The third-order valence-corrected chi connectivity index (χ3v) is 3.64.